The zero-order chi connectivity index (χ0) is 16.9. The predicted octanol–water partition coefficient (Wildman–Crippen LogP) is 2.76. The Bertz CT molecular complexity index is 547. The maximum atomic E-state index is 13.8. The Kier molecular flexibility index (Phi) is 5.68. The van der Waals surface area contributed by atoms with E-state index in [-0.39, 0.29) is 17.8 Å². The molecule has 1 aromatic carbocycles. The minimum Gasteiger partial charge on any atom is -0.381 e. The van der Waals surface area contributed by atoms with E-state index < -0.39 is 5.82 Å². The summed E-state index contributed by atoms with van der Waals surface area (Å²) in [6.45, 7) is 6.61. The summed E-state index contributed by atoms with van der Waals surface area (Å²) < 4.78 is 19.2. The molecule has 5 nitrogen and oxygen atoms in total. The van der Waals surface area contributed by atoms with Crippen molar-refractivity contribution in [3.63, 3.8) is 0 Å². The van der Waals surface area contributed by atoms with Crippen LogP contribution in [0.2, 0.25) is 0 Å². The number of nitrogens with zero attached hydrogens (tertiary/aromatic N) is 1. The minimum absolute atomic E-state index is 0.146. The molecule has 0 aliphatic carbocycles. The lowest BCUT2D eigenvalue weighted by Crippen LogP contribution is -2.47. The third-order valence-corrected chi connectivity index (χ3v) is 4.92. The third kappa shape index (κ3) is 4.45. The fraction of sp³-hybridized carbons (Fsp3) is 0.611. The molecule has 0 spiro atoms. The topological polar surface area (TPSA) is 53.6 Å². The molecule has 1 atom stereocenters. The largest absolute Gasteiger partial charge is 0.381 e. The van der Waals surface area contributed by atoms with E-state index in [4.69, 9.17) is 4.74 Å². The molecule has 0 radical (unpaired) electrons. The van der Waals surface area contributed by atoms with E-state index in [1.54, 1.807) is 19.1 Å². The minimum atomic E-state index is -0.404. The molecule has 0 bridgehead atoms. The molecule has 0 saturated carbocycles. The Morgan fingerprint density at radius 2 is 2.12 bits per heavy atom. The number of carbonyl (C=O) groups excluding carboxylic acids is 1. The standard InChI is InChI=1S/C18H26FN3O2/c1-13-3-2-4-16(19)17(13)21-18(23)20-15-5-8-22(9-6-15)11-14-7-10-24-12-14/h2-4,14-15H,5-12H2,1H3,(H2,20,21,23)/t14-/m0/s1. The molecule has 0 unspecified atom stereocenters. The highest BCUT2D eigenvalue weighted by Gasteiger charge is 2.24. The summed E-state index contributed by atoms with van der Waals surface area (Å²) in [5.41, 5.74) is 0.979. The second-order valence-electron chi connectivity index (χ2n) is 6.83. The van der Waals surface area contributed by atoms with Gasteiger partial charge in [0.15, 0.2) is 0 Å². The Hall–Kier alpha value is -1.66. The SMILES string of the molecule is Cc1cccc(F)c1NC(=O)NC1CCN(C[C@@H]2CCOC2)CC1. The highest BCUT2D eigenvalue weighted by Crippen LogP contribution is 2.20. The summed E-state index contributed by atoms with van der Waals surface area (Å²) in [5.74, 6) is 0.251. The number of piperidine rings is 1. The summed E-state index contributed by atoms with van der Waals surface area (Å²) in [6, 6.07) is 4.59. The molecule has 0 aromatic heterocycles. The highest BCUT2D eigenvalue weighted by atomic mass is 19.1. The summed E-state index contributed by atoms with van der Waals surface area (Å²) in [7, 11) is 0. The summed E-state index contributed by atoms with van der Waals surface area (Å²) in [6.07, 6.45) is 3.01. The number of para-hydroxylation sites is 1. The Labute approximate surface area is 142 Å². The number of halogens is 1. The van der Waals surface area contributed by atoms with E-state index in [0.29, 0.717) is 5.92 Å². The van der Waals surface area contributed by atoms with Gasteiger partial charge in [0.2, 0.25) is 0 Å². The zero-order valence-corrected chi connectivity index (χ0v) is 14.2. The molecular weight excluding hydrogens is 309 g/mol. The number of hydrogen-bond donors (Lipinski definition) is 2. The van der Waals surface area contributed by atoms with E-state index in [0.717, 1.165) is 57.7 Å². The summed E-state index contributed by atoms with van der Waals surface area (Å²) in [5, 5.41) is 5.61. The second kappa shape index (κ2) is 7.94. The van der Waals surface area contributed by atoms with E-state index in [1.807, 2.05) is 0 Å². The van der Waals surface area contributed by atoms with Crippen LogP contribution in [0.4, 0.5) is 14.9 Å². The third-order valence-electron chi connectivity index (χ3n) is 4.92. The van der Waals surface area contributed by atoms with Gasteiger partial charge in [-0.25, -0.2) is 9.18 Å². The van der Waals surface area contributed by atoms with Crippen LogP contribution in [-0.4, -0.2) is 49.8 Å². The summed E-state index contributed by atoms with van der Waals surface area (Å²) in [4.78, 5) is 14.6. The van der Waals surface area contributed by atoms with Gasteiger partial charge in [-0.1, -0.05) is 12.1 Å². The van der Waals surface area contributed by atoms with Crippen molar-refractivity contribution in [2.45, 2.75) is 32.2 Å². The van der Waals surface area contributed by atoms with Gasteiger partial charge in [-0.05, 0) is 43.7 Å². The zero-order valence-electron chi connectivity index (χ0n) is 14.2. The van der Waals surface area contributed by atoms with Gasteiger partial charge in [-0.3, -0.25) is 0 Å². The number of hydrogen-bond acceptors (Lipinski definition) is 3. The number of likely N-dealkylation sites (tertiary alicyclic amines) is 1. The first kappa shape index (κ1) is 17.2. The number of amides is 2. The van der Waals surface area contributed by atoms with Crippen molar-refractivity contribution < 1.29 is 13.9 Å². The lowest BCUT2D eigenvalue weighted by atomic mass is 10.0. The predicted molar refractivity (Wildman–Crippen MR) is 91.7 cm³/mol. The van der Waals surface area contributed by atoms with E-state index >= 15 is 0 Å². The highest BCUT2D eigenvalue weighted by molar-refractivity contribution is 5.90. The number of anilines is 1. The molecule has 6 heteroatoms. The lowest BCUT2D eigenvalue weighted by Gasteiger charge is -2.33. The Balaban J connectivity index is 1.43. The Morgan fingerprint density at radius 1 is 1.33 bits per heavy atom. The molecule has 2 aliphatic rings. The molecule has 2 N–H and O–H groups in total. The average molecular weight is 335 g/mol. The van der Waals surface area contributed by atoms with E-state index in [1.165, 1.54) is 6.07 Å². The normalized spacial score (nSPS) is 22.5. The molecule has 2 saturated heterocycles. The first-order valence-electron chi connectivity index (χ1n) is 8.74. The molecule has 24 heavy (non-hydrogen) atoms. The van der Waals surface area contributed by atoms with Gasteiger partial charge >= 0.3 is 6.03 Å². The van der Waals surface area contributed by atoms with Crippen molar-refractivity contribution in [1.82, 2.24) is 10.2 Å². The van der Waals surface area contributed by atoms with Gasteiger partial charge in [-0.2, -0.15) is 0 Å². The number of ether oxygens (including phenoxy) is 1. The van der Waals surface area contributed by atoms with Crippen molar-refractivity contribution in [2.75, 3.05) is 38.2 Å². The van der Waals surface area contributed by atoms with Gasteiger partial charge in [0, 0.05) is 32.3 Å². The molecule has 2 heterocycles. The Morgan fingerprint density at radius 3 is 2.79 bits per heavy atom. The molecule has 2 amide bonds. The van der Waals surface area contributed by atoms with Crippen LogP contribution in [0.25, 0.3) is 0 Å². The van der Waals surface area contributed by atoms with Crippen LogP contribution in [-0.2, 0) is 4.74 Å². The molecule has 2 fully saturated rings. The van der Waals surface area contributed by atoms with Crippen LogP contribution in [0, 0.1) is 18.7 Å². The molecular formula is C18H26FN3O2. The summed E-state index contributed by atoms with van der Waals surface area (Å²) >= 11 is 0. The van der Waals surface area contributed by atoms with Gasteiger partial charge < -0.3 is 20.3 Å². The number of urea groups is 1. The maximum Gasteiger partial charge on any atom is 0.319 e. The number of carbonyl (C=O) groups is 1. The van der Waals surface area contributed by atoms with Crippen LogP contribution in [0.1, 0.15) is 24.8 Å². The number of benzene rings is 1. The van der Waals surface area contributed by atoms with Gasteiger partial charge in [0.05, 0.1) is 12.3 Å². The van der Waals surface area contributed by atoms with Crippen LogP contribution in [0.5, 0.6) is 0 Å². The fourth-order valence-electron chi connectivity index (χ4n) is 3.48. The van der Waals surface area contributed by atoms with Crippen molar-refractivity contribution >= 4 is 11.7 Å². The van der Waals surface area contributed by atoms with Crippen molar-refractivity contribution in [2.24, 2.45) is 5.92 Å². The van der Waals surface area contributed by atoms with Gasteiger partial charge in [0.1, 0.15) is 5.82 Å². The van der Waals surface area contributed by atoms with Crippen molar-refractivity contribution in [3.05, 3.63) is 29.6 Å². The van der Waals surface area contributed by atoms with Crippen molar-refractivity contribution in [1.29, 1.82) is 0 Å². The molecule has 1 aromatic rings. The molecule has 132 valence electrons. The lowest BCUT2D eigenvalue weighted by molar-refractivity contribution is 0.148. The smallest absolute Gasteiger partial charge is 0.319 e. The van der Waals surface area contributed by atoms with Crippen molar-refractivity contribution in [3.8, 4) is 0 Å². The monoisotopic (exact) mass is 335 g/mol. The fourth-order valence-corrected chi connectivity index (χ4v) is 3.48. The van der Waals surface area contributed by atoms with Crippen LogP contribution in [0.3, 0.4) is 0 Å². The molecule has 3 rings (SSSR count). The number of nitrogens with one attached hydrogen (secondary N) is 2. The molecule has 2 aliphatic heterocycles. The number of aryl methyl sites for hydroxylation is 1. The number of rotatable bonds is 4. The first-order valence-corrected chi connectivity index (χ1v) is 8.74. The van der Waals surface area contributed by atoms with Crippen LogP contribution >= 0.6 is 0 Å². The van der Waals surface area contributed by atoms with Crippen LogP contribution in [0.15, 0.2) is 18.2 Å². The maximum absolute atomic E-state index is 13.8. The average Bonchev–Trinajstić information content (AvgIpc) is 3.06. The van der Waals surface area contributed by atoms with E-state index in [9.17, 15) is 9.18 Å². The van der Waals surface area contributed by atoms with Crippen LogP contribution < -0.4 is 10.6 Å². The first-order chi connectivity index (χ1) is 11.6. The quantitative estimate of drug-likeness (QED) is 0.890. The van der Waals surface area contributed by atoms with E-state index in [2.05, 4.69) is 15.5 Å². The second-order valence-corrected chi connectivity index (χ2v) is 6.83. The van der Waals surface area contributed by atoms with Gasteiger partial charge in [-0.15, -0.1) is 0 Å². The van der Waals surface area contributed by atoms with Gasteiger partial charge in [0.25, 0.3) is 0 Å².